The molecule has 2 nitrogen and oxygen atoms in total. The zero-order valence-corrected chi connectivity index (χ0v) is 9.36. The minimum Gasteiger partial charge on any atom is -0.497 e. The first-order chi connectivity index (χ1) is 7.86. The molecule has 0 aromatic heterocycles. The van der Waals surface area contributed by atoms with Crippen molar-refractivity contribution in [3.05, 3.63) is 42.0 Å². The van der Waals surface area contributed by atoms with Crippen molar-refractivity contribution in [1.82, 2.24) is 5.32 Å². The lowest BCUT2D eigenvalue weighted by Gasteiger charge is -2.28. The molecular weight excluding hydrogens is 198 g/mol. The fraction of sp³-hybridized carbons (Fsp3) is 0.286. The normalized spacial score (nSPS) is 19.4. The molecule has 0 spiro atoms. The quantitative estimate of drug-likeness (QED) is 0.828. The smallest absolute Gasteiger partial charge is 0.119 e. The molecule has 0 amide bonds. The van der Waals surface area contributed by atoms with Crippen LogP contribution in [0.25, 0.3) is 10.8 Å². The van der Waals surface area contributed by atoms with E-state index in [0.29, 0.717) is 6.04 Å². The topological polar surface area (TPSA) is 21.3 Å². The summed E-state index contributed by atoms with van der Waals surface area (Å²) < 4.78 is 5.22. The summed E-state index contributed by atoms with van der Waals surface area (Å²) in [6.45, 7) is 1.14. The molecule has 0 saturated carbocycles. The molecule has 1 N–H and O–H groups in total. The molecule has 1 saturated heterocycles. The minimum absolute atomic E-state index is 0.562. The Morgan fingerprint density at radius 3 is 2.56 bits per heavy atom. The minimum atomic E-state index is 0.562. The highest BCUT2D eigenvalue weighted by atomic mass is 16.5. The van der Waals surface area contributed by atoms with Gasteiger partial charge in [0.05, 0.1) is 7.11 Å². The molecule has 82 valence electrons. The molecule has 1 fully saturated rings. The van der Waals surface area contributed by atoms with E-state index >= 15 is 0 Å². The van der Waals surface area contributed by atoms with Crippen LogP contribution in [-0.4, -0.2) is 13.7 Å². The van der Waals surface area contributed by atoms with Gasteiger partial charge in [0, 0.05) is 6.04 Å². The first-order valence-electron chi connectivity index (χ1n) is 5.68. The summed E-state index contributed by atoms with van der Waals surface area (Å²) in [4.78, 5) is 0. The van der Waals surface area contributed by atoms with Gasteiger partial charge in [-0.1, -0.05) is 18.2 Å². The summed E-state index contributed by atoms with van der Waals surface area (Å²) in [6.07, 6.45) is 1.25. The number of hydrogen-bond acceptors (Lipinski definition) is 2. The molecule has 1 aliphatic heterocycles. The van der Waals surface area contributed by atoms with Crippen molar-refractivity contribution in [3.8, 4) is 5.75 Å². The molecule has 0 aliphatic carbocycles. The Hall–Kier alpha value is -1.54. The van der Waals surface area contributed by atoms with E-state index in [0.717, 1.165) is 12.3 Å². The molecule has 2 aromatic rings. The fourth-order valence-corrected chi connectivity index (χ4v) is 2.16. The summed E-state index contributed by atoms with van der Waals surface area (Å²) >= 11 is 0. The van der Waals surface area contributed by atoms with Crippen LogP contribution in [0.3, 0.4) is 0 Å². The van der Waals surface area contributed by atoms with Crippen LogP contribution >= 0.6 is 0 Å². The monoisotopic (exact) mass is 213 g/mol. The van der Waals surface area contributed by atoms with E-state index in [4.69, 9.17) is 4.74 Å². The van der Waals surface area contributed by atoms with E-state index in [1.807, 2.05) is 6.07 Å². The van der Waals surface area contributed by atoms with Gasteiger partial charge in [0.1, 0.15) is 5.75 Å². The van der Waals surface area contributed by atoms with Gasteiger partial charge in [0.2, 0.25) is 0 Å². The standard InChI is InChI=1S/C14H15NO/c1-16-13-5-4-10-8-12(14-6-7-15-14)3-2-11(10)9-13/h2-5,8-9,14-15H,6-7H2,1H3. The third-order valence-corrected chi connectivity index (χ3v) is 3.30. The predicted molar refractivity (Wildman–Crippen MR) is 65.9 cm³/mol. The first kappa shape index (κ1) is 9.67. The van der Waals surface area contributed by atoms with E-state index < -0.39 is 0 Å². The maximum atomic E-state index is 5.22. The summed E-state index contributed by atoms with van der Waals surface area (Å²) in [5.74, 6) is 0.919. The van der Waals surface area contributed by atoms with Crippen LogP contribution in [-0.2, 0) is 0 Å². The third-order valence-electron chi connectivity index (χ3n) is 3.30. The van der Waals surface area contributed by atoms with E-state index in [1.165, 1.54) is 22.8 Å². The second-order valence-electron chi connectivity index (χ2n) is 4.27. The molecule has 16 heavy (non-hydrogen) atoms. The van der Waals surface area contributed by atoms with Crippen molar-refractivity contribution in [2.24, 2.45) is 0 Å². The Morgan fingerprint density at radius 1 is 1.12 bits per heavy atom. The van der Waals surface area contributed by atoms with Gasteiger partial charge in [-0.25, -0.2) is 0 Å². The second kappa shape index (κ2) is 3.80. The van der Waals surface area contributed by atoms with Crippen molar-refractivity contribution in [2.45, 2.75) is 12.5 Å². The van der Waals surface area contributed by atoms with E-state index in [1.54, 1.807) is 7.11 Å². The van der Waals surface area contributed by atoms with Gasteiger partial charge in [-0.15, -0.1) is 0 Å². The maximum absolute atomic E-state index is 5.22. The van der Waals surface area contributed by atoms with Gasteiger partial charge in [0.15, 0.2) is 0 Å². The van der Waals surface area contributed by atoms with Crippen molar-refractivity contribution in [3.63, 3.8) is 0 Å². The average molecular weight is 213 g/mol. The molecule has 3 rings (SSSR count). The van der Waals surface area contributed by atoms with Gasteiger partial charge < -0.3 is 10.1 Å². The largest absolute Gasteiger partial charge is 0.497 e. The summed E-state index contributed by atoms with van der Waals surface area (Å²) in [6, 6.07) is 13.4. The SMILES string of the molecule is COc1ccc2cc(C3CCN3)ccc2c1. The van der Waals surface area contributed by atoms with Crippen LogP contribution in [0.1, 0.15) is 18.0 Å². The lowest BCUT2D eigenvalue weighted by atomic mass is 9.95. The number of nitrogens with one attached hydrogen (secondary N) is 1. The molecule has 1 atom stereocenters. The summed E-state index contributed by atoms with van der Waals surface area (Å²) in [5.41, 5.74) is 1.39. The van der Waals surface area contributed by atoms with Gasteiger partial charge in [-0.2, -0.15) is 0 Å². The molecule has 1 aliphatic rings. The lowest BCUT2D eigenvalue weighted by Crippen LogP contribution is -2.34. The lowest BCUT2D eigenvalue weighted by molar-refractivity contribution is 0.383. The molecule has 2 heteroatoms. The Morgan fingerprint density at radius 2 is 1.88 bits per heavy atom. The Balaban J connectivity index is 2.04. The van der Waals surface area contributed by atoms with Gasteiger partial charge >= 0.3 is 0 Å². The average Bonchev–Trinajstić information content (AvgIpc) is 2.26. The summed E-state index contributed by atoms with van der Waals surface area (Å²) in [7, 11) is 1.70. The molecule has 0 radical (unpaired) electrons. The van der Waals surface area contributed by atoms with Gasteiger partial charge in [-0.05, 0) is 47.5 Å². The zero-order chi connectivity index (χ0) is 11.0. The van der Waals surface area contributed by atoms with Crippen LogP contribution in [0.4, 0.5) is 0 Å². The highest BCUT2D eigenvalue weighted by Crippen LogP contribution is 2.27. The van der Waals surface area contributed by atoms with Crippen LogP contribution in [0.15, 0.2) is 36.4 Å². The van der Waals surface area contributed by atoms with Crippen molar-refractivity contribution >= 4 is 10.8 Å². The number of benzene rings is 2. The maximum Gasteiger partial charge on any atom is 0.119 e. The number of methoxy groups -OCH3 is 1. The number of ether oxygens (including phenoxy) is 1. The van der Waals surface area contributed by atoms with Crippen molar-refractivity contribution in [1.29, 1.82) is 0 Å². The Labute approximate surface area is 95.2 Å². The molecule has 1 unspecified atom stereocenters. The Bertz CT molecular complexity index is 517. The number of hydrogen-bond donors (Lipinski definition) is 1. The van der Waals surface area contributed by atoms with E-state index in [9.17, 15) is 0 Å². The number of fused-ring (bicyclic) bond motifs is 1. The van der Waals surface area contributed by atoms with Crippen LogP contribution in [0.5, 0.6) is 5.75 Å². The van der Waals surface area contributed by atoms with E-state index in [2.05, 4.69) is 35.6 Å². The predicted octanol–water partition coefficient (Wildman–Crippen LogP) is 2.88. The zero-order valence-electron chi connectivity index (χ0n) is 9.36. The van der Waals surface area contributed by atoms with Crippen molar-refractivity contribution in [2.75, 3.05) is 13.7 Å². The fourth-order valence-electron chi connectivity index (χ4n) is 2.16. The molecular formula is C14H15NO. The van der Waals surface area contributed by atoms with Gasteiger partial charge in [0.25, 0.3) is 0 Å². The second-order valence-corrected chi connectivity index (χ2v) is 4.27. The third kappa shape index (κ3) is 1.55. The van der Waals surface area contributed by atoms with Crippen LogP contribution < -0.4 is 10.1 Å². The van der Waals surface area contributed by atoms with E-state index in [-0.39, 0.29) is 0 Å². The molecule has 2 aromatic carbocycles. The Kier molecular flexibility index (Phi) is 2.29. The highest BCUT2D eigenvalue weighted by molar-refractivity contribution is 5.84. The summed E-state index contributed by atoms with van der Waals surface area (Å²) in [5, 5.41) is 5.95. The molecule has 1 heterocycles. The van der Waals surface area contributed by atoms with Crippen LogP contribution in [0, 0.1) is 0 Å². The molecule has 0 bridgehead atoms. The first-order valence-corrected chi connectivity index (χ1v) is 5.68. The highest BCUT2D eigenvalue weighted by Gasteiger charge is 2.18. The number of rotatable bonds is 2. The van der Waals surface area contributed by atoms with Crippen LogP contribution in [0.2, 0.25) is 0 Å². The van der Waals surface area contributed by atoms with Crippen molar-refractivity contribution < 1.29 is 4.74 Å². The van der Waals surface area contributed by atoms with Gasteiger partial charge in [-0.3, -0.25) is 0 Å².